The maximum atomic E-state index is 5.74. The lowest BCUT2D eigenvalue weighted by Crippen LogP contribution is -2.42. The molecule has 0 aromatic heterocycles. The molecule has 3 nitrogen and oxygen atoms in total. The van der Waals surface area contributed by atoms with E-state index in [0.29, 0.717) is 5.41 Å². The van der Waals surface area contributed by atoms with E-state index in [9.17, 15) is 0 Å². The van der Waals surface area contributed by atoms with Crippen LogP contribution in [-0.2, 0) is 4.74 Å². The zero-order valence-electron chi connectivity index (χ0n) is 10.9. The van der Waals surface area contributed by atoms with Crippen LogP contribution in [0, 0.1) is 5.41 Å². The van der Waals surface area contributed by atoms with E-state index in [0.717, 1.165) is 18.9 Å². The zero-order chi connectivity index (χ0) is 12.4. The lowest BCUT2D eigenvalue weighted by Gasteiger charge is -2.44. The molecule has 3 heteroatoms. The van der Waals surface area contributed by atoms with Crippen molar-refractivity contribution in [3.8, 4) is 0 Å². The Hall–Kier alpha value is -1.22. The van der Waals surface area contributed by atoms with E-state index in [2.05, 4.69) is 17.0 Å². The Bertz CT molecular complexity index is 385. The SMILES string of the molecule is Nc1ccc(N2CCC3(CCOCC3)CC2)cc1. The summed E-state index contributed by atoms with van der Waals surface area (Å²) in [7, 11) is 0. The normalized spacial score (nSPS) is 23.2. The molecule has 0 saturated carbocycles. The molecule has 3 rings (SSSR count). The minimum atomic E-state index is 0.572. The molecule has 1 aromatic rings. The standard InChI is InChI=1S/C15H22N2O/c16-13-1-3-14(4-2-13)17-9-5-15(6-10-17)7-11-18-12-8-15/h1-4H,5-12,16H2. The first-order chi connectivity index (χ1) is 8.77. The third-order valence-electron chi connectivity index (χ3n) is 4.64. The van der Waals surface area contributed by atoms with Crippen LogP contribution < -0.4 is 10.6 Å². The fourth-order valence-corrected chi connectivity index (χ4v) is 3.23. The van der Waals surface area contributed by atoms with E-state index in [-0.39, 0.29) is 0 Å². The van der Waals surface area contributed by atoms with Gasteiger partial charge in [-0.15, -0.1) is 0 Å². The Balaban J connectivity index is 1.64. The number of nitrogen functional groups attached to an aromatic ring is 1. The average molecular weight is 246 g/mol. The van der Waals surface area contributed by atoms with Crippen LogP contribution in [0.2, 0.25) is 0 Å². The van der Waals surface area contributed by atoms with Crippen molar-refractivity contribution in [1.29, 1.82) is 0 Å². The molecule has 2 fully saturated rings. The number of hydrogen-bond donors (Lipinski definition) is 1. The smallest absolute Gasteiger partial charge is 0.0471 e. The molecule has 2 aliphatic heterocycles. The van der Waals surface area contributed by atoms with E-state index < -0.39 is 0 Å². The molecule has 18 heavy (non-hydrogen) atoms. The van der Waals surface area contributed by atoms with Crippen molar-refractivity contribution >= 4 is 11.4 Å². The van der Waals surface area contributed by atoms with Crippen molar-refractivity contribution in [3.05, 3.63) is 24.3 Å². The lowest BCUT2D eigenvalue weighted by atomic mass is 9.72. The summed E-state index contributed by atoms with van der Waals surface area (Å²) in [6.45, 7) is 4.26. The van der Waals surface area contributed by atoms with Gasteiger partial charge in [-0.05, 0) is 55.4 Å². The second kappa shape index (κ2) is 4.81. The summed E-state index contributed by atoms with van der Waals surface area (Å²) in [5.41, 5.74) is 8.46. The first kappa shape index (κ1) is 11.8. The molecule has 0 amide bonds. The molecule has 0 atom stereocenters. The highest BCUT2D eigenvalue weighted by atomic mass is 16.5. The molecule has 1 aromatic carbocycles. The minimum absolute atomic E-state index is 0.572. The van der Waals surface area contributed by atoms with Crippen molar-refractivity contribution in [1.82, 2.24) is 0 Å². The van der Waals surface area contributed by atoms with E-state index in [1.54, 1.807) is 0 Å². The Kier molecular flexibility index (Phi) is 3.16. The van der Waals surface area contributed by atoms with Crippen LogP contribution >= 0.6 is 0 Å². The quantitative estimate of drug-likeness (QED) is 0.774. The predicted molar refractivity (Wildman–Crippen MR) is 74.8 cm³/mol. The molecule has 1 spiro atoms. The number of nitrogens with zero attached hydrogens (tertiary/aromatic N) is 1. The predicted octanol–water partition coefficient (Wildman–Crippen LogP) is 2.67. The van der Waals surface area contributed by atoms with Gasteiger partial charge in [0.15, 0.2) is 0 Å². The highest BCUT2D eigenvalue weighted by Gasteiger charge is 2.35. The Labute approximate surface area is 109 Å². The average Bonchev–Trinajstić information content (AvgIpc) is 2.42. The van der Waals surface area contributed by atoms with Crippen LogP contribution in [0.5, 0.6) is 0 Å². The molecular weight excluding hydrogens is 224 g/mol. The Morgan fingerprint density at radius 3 is 2.17 bits per heavy atom. The minimum Gasteiger partial charge on any atom is -0.399 e. The number of rotatable bonds is 1. The maximum absolute atomic E-state index is 5.74. The van der Waals surface area contributed by atoms with Gasteiger partial charge >= 0.3 is 0 Å². The molecule has 98 valence electrons. The third kappa shape index (κ3) is 2.32. The maximum Gasteiger partial charge on any atom is 0.0471 e. The molecule has 0 unspecified atom stereocenters. The largest absolute Gasteiger partial charge is 0.399 e. The molecule has 2 heterocycles. The number of ether oxygens (including phenoxy) is 1. The highest BCUT2D eigenvalue weighted by Crippen LogP contribution is 2.41. The first-order valence-corrected chi connectivity index (χ1v) is 6.96. The summed E-state index contributed by atoms with van der Waals surface area (Å²) in [6.07, 6.45) is 5.12. The fourth-order valence-electron chi connectivity index (χ4n) is 3.23. The van der Waals surface area contributed by atoms with Crippen molar-refractivity contribution in [2.24, 2.45) is 5.41 Å². The molecule has 2 saturated heterocycles. The van der Waals surface area contributed by atoms with Crippen LogP contribution in [0.25, 0.3) is 0 Å². The summed E-state index contributed by atoms with van der Waals surface area (Å²) < 4.78 is 5.49. The molecule has 2 aliphatic rings. The monoisotopic (exact) mass is 246 g/mol. The van der Waals surface area contributed by atoms with E-state index in [1.165, 1.54) is 44.5 Å². The highest BCUT2D eigenvalue weighted by molar-refractivity contribution is 5.53. The van der Waals surface area contributed by atoms with E-state index in [4.69, 9.17) is 10.5 Å². The number of nitrogens with two attached hydrogens (primary N) is 1. The van der Waals surface area contributed by atoms with Crippen LogP contribution in [0.1, 0.15) is 25.7 Å². The van der Waals surface area contributed by atoms with Gasteiger partial charge in [0.25, 0.3) is 0 Å². The topological polar surface area (TPSA) is 38.5 Å². The van der Waals surface area contributed by atoms with Gasteiger partial charge in [-0.2, -0.15) is 0 Å². The van der Waals surface area contributed by atoms with Gasteiger partial charge in [-0.3, -0.25) is 0 Å². The summed E-state index contributed by atoms with van der Waals surface area (Å²) in [5, 5.41) is 0. The van der Waals surface area contributed by atoms with E-state index >= 15 is 0 Å². The number of piperidine rings is 1. The third-order valence-corrected chi connectivity index (χ3v) is 4.64. The molecular formula is C15H22N2O. The van der Waals surface area contributed by atoms with Gasteiger partial charge in [0.1, 0.15) is 0 Å². The molecule has 0 aliphatic carbocycles. The summed E-state index contributed by atoms with van der Waals surface area (Å²) in [4.78, 5) is 2.49. The van der Waals surface area contributed by atoms with Gasteiger partial charge in [-0.1, -0.05) is 0 Å². The Morgan fingerprint density at radius 2 is 1.56 bits per heavy atom. The number of hydrogen-bond acceptors (Lipinski definition) is 3. The lowest BCUT2D eigenvalue weighted by molar-refractivity contribution is 0.00212. The van der Waals surface area contributed by atoms with Gasteiger partial charge in [-0.25, -0.2) is 0 Å². The van der Waals surface area contributed by atoms with Crippen LogP contribution in [0.15, 0.2) is 24.3 Å². The summed E-state index contributed by atoms with van der Waals surface area (Å²) in [6, 6.07) is 8.26. The second-order valence-corrected chi connectivity index (χ2v) is 5.69. The Morgan fingerprint density at radius 1 is 0.944 bits per heavy atom. The summed E-state index contributed by atoms with van der Waals surface area (Å²) in [5.74, 6) is 0. The van der Waals surface area contributed by atoms with Crippen LogP contribution in [0.4, 0.5) is 11.4 Å². The van der Waals surface area contributed by atoms with Crippen molar-refractivity contribution in [2.75, 3.05) is 36.9 Å². The van der Waals surface area contributed by atoms with E-state index in [1.807, 2.05) is 12.1 Å². The van der Waals surface area contributed by atoms with Crippen LogP contribution in [-0.4, -0.2) is 26.3 Å². The zero-order valence-corrected chi connectivity index (χ0v) is 10.9. The van der Waals surface area contributed by atoms with Crippen LogP contribution in [0.3, 0.4) is 0 Å². The fraction of sp³-hybridized carbons (Fsp3) is 0.600. The van der Waals surface area contributed by atoms with Gasteiger partial charge in [0.05, 0.1) is 0 Å². The van der Waals surface area contributed by atoms with Gasteiger partial charge in [0, 0.05) is 37.7 Å². The molecule has 0 bridgehead atoms. The van der Waals surface area contributed by atoms with Crippen molar-refractivity contribution in [2.45, 2.75) is 25.7 Å². The molecule has 0 radical (unpaired) electrons. The molecule has 2 N–H and O–H groups in total. The van der Waals surface area contributed by atoms with Crippen molar-refractivity contribution in [3.63, 3.8) is 0 Å². The van der Waals surface area contributed by atoms with Crippen molar-refractivity contribution < 1.29 is 4.74 Å². The first-order valence-electron chi connectivity index (χ1n) is 6.96. The van der Waals surface area contributed by atoms with Gasteiger partial charge < -0.3 is 15.4 Å². The summed E-state index contributed by atoms with van der Waals surface area (Å²) >= 11 is 0. The number of benzene rings is 1. The number of anilines is 2. The second-order valence-electron chi connectivity index (χ2n) is 5.69. The van der Waals surface area contributed by atoms with Gasteiger partial charge in [0.2, 0.25) is 0 Å².